The van der Waals surface area contributed by atoms with Gasteiger partial charge in [-0.15, -0.1) is 5.10 Å². The normalized spacial score (nSPS) is 13.1. The van der Waals surface area contributed by atoms with E-state index in [1.165, 1.54) is 25.7 Å². The predicted octanol–water partition coefficient (Wildman–Crippen LogP) is 3.96. The van der Waals surface area contributed by atoms with Crippen molar-refractivity contribution in [3.05, 3.63) is 24.3 Å². The highest BCUT2D eigenvalue weighted by molar-refractivity contribution is 5.73. The summed E-state index contributed by atoms with van der Waals surface area (Å²) in [6.45, 7) is 4.47. The summed E-state index contributed by atoms with van der Waals surface area (Å²) >= 11 is 0. The second kappa shape index (κ2) is 5.80. The van der Waals surface area contributed by atoms with Crippen LogP contribution in [0.1, 0.15) is 52.0 Å². The van der Waals surface area contributed by atoms with E-state index in [0.717, 1.165) is 17.5 Å². The van der Waals surface area contributed by atoms with Crippen LogP contribution in [0.5, 0.6) is 0 Å². The topological polar surface area (TPSA) is 30.7 Å². The van der Waals surface area contributed by atoms with Gasteiger partial charge >= 0.3 is 0 Å². The maximum Gasteiger partial charge on any atom is 0.113 e. The minimum absolute atomic E-state index is 0.494. The van der Waals surface area contributed by atoms with E-state index in [-0.39, 0.29) is 0 Å². The standard InChI is InChI=1S/C14H21N3/c1-3-5-6-9-12(4-2)17-14-11-8-7-10-13(14)15-16-17/h7-8,10-12H,3-6,9H2,1-2H3. The fraction of sp³-hybridized carbons (Fsp3) is 0.571. The van der Waals surface area contributed by atoms with Gasteiger partial charge in [0.1, 0.15) is 5.52 Å². The third-order valence-electron chi connectivity index (χ3n) is 3.34. The number of nitrogens with zero attached hydrogens (tertiary/aromatic N) is 3. The van der Waals surface area contributed by atoms with Gasteiger partial charge in [0.15, 0.2) is 0 Å². The van der Waals surface area contributed by atoms with E-state index in [4.69, 9.17) is 0 Å². The third kappa shape index (κ3) is 2.65. The van der Waals surface area contributed by atoms with E-state index >= 15 is 0 Å². The number of aromatic nitrogens is 3. The SMILES string of the molecule is CCCCCC(CC)n1nnc2ccccc21. The number of rotatable bonds is 6. The summed E-state index contributed by atoms with van der Waals surface area (Å²) in [6, 6.07) is 8.70. The van der Waals surface area contributed by atoms with Gasteiger partial charge in [0.25, 0.3) is 0 Å². The molecule has 0 aliphatic carbocycles. The molecule has 2 rings (SSSR count). The smallest absolute Gasteiger partial charge is 0.113 e. The van der Waals surface area contributed by atoms with Crippen LogP contribution in [0.25, 0.3) is 11.0 Å². The zero-order valence-corrected chi connectivity index (χ0v) is 10.8. The van der Waals surface area contributed by atoms with Gasteiger partial charge in [0, 0.05) is 0 Å². The van der Waals surface area contributed by atoms with Crippen LogP contribution in [0.2, 0.25) is 0 Å². The van der Waals surface area contributed by atoms with Crippen LogP contribution in [0.3, 0.4) is 0 Å². The Kier molecular flexibility index (Phi) is 4.13. The van der Waals surface area contributed by atoms with Crippen LogP contribution >= 0.6 is 0 Å². The number of hydrogen-bond donors (Lipinski definition) is 0. The average molecular weight is 231 g/mol. The largest absolute Gasteiger partial charge is 0.242 e. The predicted molar refractivity (Wildman–Crippen MR) is 71.0 cm³/mol. The van der Waals surface area contributed by atoms with E-state index < -0.39 is 0 Å². The summed E-state index contributed by atoms with van der Waals surface area (Å²) in [5, 5.41) is 8.54. The van der Waals surface area contributed by atoms with Gasteiger partial charge in [-0.2, -0.15) is 0 Å². The lowest BCUT2D eigenvalue weighted by Crippen LogP contribution is -2.09. The molecule has 92 valence electrons. The molecule has 0 bridgehead atoms. The van der Waals surface area contributed by atoms with Crippen LogP contribution in [-0.4, -0.2) is 15.0 Å². The van der Waals surface area contributed by atoms with Crippen LogP contribution in [0.4, 0.5) is 0 Å². The van der Waals surface area contributed by atoms with Crippen LogP contribution in [0.15, 0.2) is 24.3 Å². The number of hydrogen-bond acceptors (Lipinski definition) is 2. The van der Waals surface area contributed by atoms with Gasteiger partial charge in [0.2, 0.25) is 0 Å². The maximum atomic E-state index is 4.31. The Labute approximate surface area is 103 Å². The molecule has 0 fully saturated rings. The van der Waals surface area contributed by atoms with Crippen molar-refractivity contribution in [2.45, 2.75) is 52.0 Å². The van der Waals surface area contributed by atoms with Crippen LogP contribution in [0, 0.1) is 0 Å². The van der Waals surface area contributed by atoms with Gasteiger partial charge in [-0.25, -0.2) is 4.68 Å². The molecule has 0 aliphatic rings. The van der Waals surface area contributed by atoms with Crippen LogP contribution in [-0.2, 0) is 0 Å². The number of para-hydroxylation sites is 1. The first-order valence-electron chi connectivity index (χ1n) is 6.66. The Morgan fingerprint density at radius 1 is 1.18 bits per heavy atom. The van der Waals surface area contributed by atoms with Crippen molar-refractivity contribution >= 4 is 11.0 Å². The molecule has 2 aromatic rings. The first kappa shape index (κ1) is 12.1. The second-order valence-electron chi connectivity index (χ2n) is 4.58. The van der Waals surface area contributed by atoms with E-state index in [9.17, 15) is 0 Å². The highest BCUT2D eigenvalue weighted by Gasteiger charge is 2.12. The Hall–Kier alpha value is -1.38. The van der Waals surface area contributed by atoms with Crippen molar-refractivity contribution in [1.82, 2.24) is 15.0 Å². The lowest BCUT2D eigenvalue weighted by Gasteiger charge is -2.15. The molecule has 0 amide bonds. The molecule has 0 N–H and O–H groups in total. The van der Waals surface area contributed by atoms with Crippen molar-refractivity contribution < 1.29 is 0 Å². The first-order chi connectivity index (χ1) is 8.36. The minimum atomic E-state index is 0.494. The maximum absolute atomic E-state index is 4.31. The van der Waals surface area contributed by atoms with Crippen molar-refractivity contribution in [1.29, 1.82) is 0 Å². The molecule has 3 nitrogen and oxygen atoms in total. The number of benzene rings is 1. The van der Waals surface area contributed by atoms with Crippen molar-refractivity contribution in [3.8, 4) is 0 Å². The first-order valence-corrected chi connectivity index (χ1v) is 6.66. The van der Waals surface area contributed by atoms with E-state index in [0.29, 0.717) is 6.04 Å². The monoisotopic (exact) mass is 231 g/mol. The van der Waals surface area contributed by atoms with Gasteiger partial charge in [0.05, 0.1) is 11.6 Å². The lowest BCUT2D eigenvalue weighted by molar-refractivity contribution is 0.398. The molecule has 0 spiro atoms. The molecule has 3 heteroatoms. The minimum Gasteiger partial charge on any atom is -0.242 e. The zero-order valence-electron chi connectivity index (χ0n) is 10.8. The Bertz CT molecular complexity index is 461. The van der Waals surface area contributed by atoms with E-state index in [2.05, 4.69) is 41.0 Å². The molecular weight excluding hydrogens is 210 g/mol. The molecular formula is C14H21N3. The van der Waals surface area contributed by atoms with Crippen molar-refractivity contribution in [3.63, 3.8) is 0 Å². The summed E-state index contributed by atoms with van der Waals surface area (Å²) in [5.41, 5.74) is 2.16. The highest BCUT2D eigenvalue weighted by Crippen LogP contribution is 2.22. The fourth-order valence-electron chi connectivity index (χ4n) is 2.29. The van der Waals surface area contributed by atoms with Gasteiger partial charge in [-0.3, -0.25) is 0 Å². The summed E-state index contributed by atoms with van der Waals surface area (Å²) < 4.78 is 2.10. The molecule has 0 saturated heterocycles. The molecule has 1 heterocycles. The molecule has 1 unspecified atom stereocenters. The molecule has 0 aliphatic heterocycles. The van der Waals surface area contributed by atoms with Crippen LogP contribution < -0.4 is 0 Å². The fourth-order valence-corrected chi connectivity index (χ4v) is 2.29. The number of unbranched alkanes of at least 4 members (excludes halogenated alkanes) is 2. The van der Waals surface area contributed by atoms with Gasteiger partial charge in [-0.1, -0.05) is 50.5 Å². The van der Waals surface area contributed by atoms with Gasteiger partial charge < -0.3 is 0 Å². The van der Waals surface area contributed by atoms with Gasteiger partial charge in [-0.05, 0) is 25.0 Å². The van der Waals surface area contributed by atoms with E-state index in [1.807, 2.05) is 12.1 Å². The zero-order chi connectivity index (χ0) is 12.1. The molecule has 17 heavy (non-hydrogen) atoms. The second-order valence-corrected chi connectivity index (χ2v) is 4.58. The third-order valence-corrected chi connectivity index (χ3v) is 3.34. The molecule has 0 radical (unpaired) electrons. The quantitative estimate of drug-likeness (QED) is 0.704. The molecule has 1 aromatic heterocycles. The summed E-state index contributed by atoms with van der Waals surface area (Å²) in [5.74, 6) is 0. The van der Waals surface area contributed by atoms with Crippen molar-refractivity contribution in [2.75, 3.05) is 0 Å². The lowest BCUT2D eigenvalue weighted by atomic mass is 10.1. The van der Waals surface area contributed by atoms with Crippen molar-refractivity contribution in [2.24, 2.45) is 0 Å². The Morgan fingerprint density at radius 3 is 2.76 bits per heavy atom. The number of fused-ring (bicyclic) bond motifs is 1. The Balaban J connectivity index is 2.18. The molecule has 1 aromatic carbocycles. The summed E-state index contributed by atoms with van der Waals surface area (Å²) in [4.78, 5) is 0. The van der Waals surface area contributed by atoms with E-state index in [1.54, 1.807) is 0 Å². The highest BCUT2D eigenvalue weighted by atomic mass is 15.4. The Morgan fingerprint density at radius 2 is 2.00 bits per heavy atom. The molecule has 1 atom stereocenters. The summed E-state index contributed by atoms with van der Waals surface area (Å²) in [7, 11) is 0. The summed E-state index contributed by atoms with van der Waals surface area (Å²) in [6.07, 6.45) is 6.19. The molecule has 0 saturated carbocycles. The average Bonchev–Trinajstić information content (AvgIpc) is 2.79.